The van der Waals surface area contributed by atoms with Gasteiger partial charge in [-0.3, -0.25) is 4.79 Å². The van der Waals surface area contributed by atoms with E-state index < -0.39 is 12.0 Å². The molecule has 5 heteroatoms. The van der Waals surface area contributed by atoms with E-state index in [1.165, 1.54) is 7.11 Å². The fourth-order valence-corrected chi connectivity index (χ4v) is 1.67. The monoisotopic (exact) mass is 273 g/mol. The molecule has 0 heterocycles. The van der Waals surface area contributed by atoms with Gasteiger partial charge in [0, 0.05) is 16.1 Å². The van der Waals surface area contributed by atoms with Gasteiger partial charge in [-0.25, -0.2) is 0 Å². The molecular formula is C10H12BrNO3. The minimum Gasteiger partial charge on any atom is -0.496 e. The van der Waals surface area contributed by atoms with E-state index in [-0.39, 0.29) is 6.42 Å². The van der Waals surface area contributed by atoms with Gasteiger partial charge in [0.15, 0.2) is 0 Å². The number of methoxy groups -OCH3 is 1. The zero-order chi connectivity index (χ0) is 11.4. The number of aliphatic carboxylic acids is 1. The number of ether oxygens (including phenoxy) is 1. The van der Waals surface area contributed by atoms with Crippen molar-refractivity contribution < 1.29 is 14.6 Å². The minimum atomic E-state index is -0.926. The van der Waals surface area contributed by atoms with Crippen molar-refractivity contribution in [1.29, 1.82) is 0 Å². The third kappa shape index (κ3) is 3.21. The van der Waals surface area contributed by atoms with E-state index in [1.54, 1.807) is 12.1 Å². The number of nitrogens with two attached hydrogens (primary N) is 1. The van der Waals surface area contributed by atoms with Crippen LogP contribution in [0.3, 0.4) is 0 Å². The van der Waals surface area contributed by atoms with Gasteiger partial charge >= 0.3 is 5.97 Å². The third-order valence-electron chi connectivity index (χ3n) is 1.99. The summed E-state index contributed by atoms with van der Waals surface area (Å²) >= 11 is 3.30. The SMILES string of the molecule is COc1ccc(Br)cc1C(N)CC(=O)O. The molecule has 0 saturated carbocycles. The molecule has 0 fully saturated rings. The number of rotatable bonds is 4. The lowest BCUT2D eigenvalue weighted by molar-refractivity contribution is -0.137. The maximum absolute atomic E-state index is 10.5. The smallest absolute Gasteiger partial charge is 0.305 e. The number of carbonyl (C=O) groups is 1. The number of hydrogen-bond acceptors (Lipinski definition) is 3. The number of carboxylic acid groups (broad SMARTS) is 1. The van der Waals surface area contributed by atoms with Crippen molar-refractivity contribution in [3.8, 4) is 5.75 Å². The third-order valence-corrected chi connectivity index (χ3v) is 2.48. The summed E-state index contributed by atoms with van der Waals surface area (Å²) in [5.74, 6) is -0.323. The van der Waals surface area contributed by atoms with E-state index >= 15 is 0 Å². The topological polar surface area (TPSA) is 72.5 Å². The lowest BCUT2D eigenvalue weighted by Crippen LogP contribution is -2.15. The Bertz CT molecular complexity index is 368. The molecule has 1 rings (SSSR count). The highest BCUT2D eigenvalue weighted by atomic mass is 79.9. The normalized spacial score (nSPS) is 12.2. The van der Waals surface area contributed by atoms with Gasteiger partial charge < -0.3 is 15.6 Å². The first-order chi connectivity index (χ1) is 7.04. The summed E-state index contributed by atoms with van der Waals surface area (Å²) in [5, 5.41) is 8.65. The van der Waals surface area contributed by atoms with Crippen LogP contribution in [-0.2, 0) is 4.79 Å². The summed E-state index contributed by atoms with van der Waals surface area (Å²) in [7, 11) is 1.53. The molecule has 4 nitrogen and oxygen atoms in total. The Balaban J connectivity index is 2.99. The molecule has 1 unspecified atom stereocenters. The molecule has 1 aromatic rings. The van der Waals surface area contributed by atoms with Gasteiger partial charge in [0.2, 0.25) is 0 Å². The van der Waals surface area contributed by atoms with Gasteiger partial charge in [0.25, 0.3) is 0 Å². The largest absolute Gasteiger partial charge is 0.496 e. The molecule has 0 aliphatic heterocycles. The number of benzene rings is 1. The Morgan fingerprint density at radius 2 is 2.33 bits per heavy atom. The van der Waals surface area contributed by atoms with Crippen LogP contribution in [0.1, 0.15) is 18.0 Å². The zero-order valence-corrected chi connectivity index (χ0v) is 9.82. The molecule has 0 aliphatic rings. The lowest BCUT2D eigenvalue weighted by Gasteiger charge is -2.14. The second-order valence-electron chi connectivity index (χ2n) is 3.09. The molecule has 0 spiro atoms. The van der Waals surface area contributed by atoms with Crippen molar-refractivity contribution in [3.63, 3.8) is 0 Å². The predicted molar refractivity (Wildman–Crippen MR) is 59.9 cm³/mol. The van der Waals surface area contributed by atoms with Crippen LogP contribution < -0.4 is 10.5 Å². The molecule has 82 valence electrons. The predicted octanol–water partition coefficient (Wildman–Crippen LogP) is 1.93. The van der Waals surface area contributed by atoms with Gasteiger partial charge in [-0.15, -0.1) is 0 Å². The van der Waals surface area contributed by atoms with Crippen molar-refractivity contribution in [1.82, 2.24) is 0 Å². The number of hydrogen-bond donors (Lipinski definition) is 2. The molecule has 0 aromatic heterocycles. The maximum atomic E-state index is 10.5. The van der Waals surface area contributed by atoms with E-state index in [2.05, 4.69) is 15.9 Å². The van der Waals surface area contributed by atoms with E-state index in [4.69, 9.17) is 15.6 Å². The van der Waals surface area contributed by atoms with Crippen LogP contribution >= 0.6 is 15.9 Å². The Morgan fingerprint density at radius 3 is 2.87 bits per heavy atom. The fourth-order valence-electron chi connectivity index (χ4n) is 1.29. The van der Waals surface area contributed by atoms with E-state index in [0.29, 0.717) is 11.3 Å². The van der Waals surface area contributed by atoms with Crippen LogP contribution in [0.4, 0.5) is 0 Å². The molecule has 3 N–H and O–H groups in total. The Labute approximate surface area is 96.2 Å². The number of carboxylic acids is 1. The lowest BCUT2D eigenvalue weighted by atomic mass is 10.0. The van der Waals surface area contributed by atoms with Crippen molar-refractivity contribution in [2.24, 2.45) is 5.73 Å². The standard InChI is InChI=1S/C10H12BrNO3/c1-15-9-3-2-6(11)4-7(9)8(12)5-10(13)14/h2-4,8H,5,12H2,1H3,(H,13,14). The van der Waals surface area contributed by atoms with E-state index in [1.807, 2.05) is 6.07 Å². The maximum Gasteiger partial charge on any atom is 0.305 e. The van der Waals surface area contributed by atoms with Gasteiger partial charge in [-0.2, -0.15) is 0 Å². The molecule has 0 bridgehead atoms. The van der Waals surface area contributed by atoms with Crippen molar-refractivity contribution in [2.75, 3.05) is 7.11 Å². The van der Waals surface area contributed by atoms with Crippen LogP contribution in [0, 0.1) is 0 Å². The zero-order valence-electron chi connectivity index (χ0n) is 8.24. The molecule has 0 saturated heterocycles. The average Bonchev–Trinajstić information content (AvgIpc) is 2.16. The molecular weight excluding hydrogens is 262 g/mol. The highest BCUT2D eigenvalue weighted by Gasteiger charge is 2.15. The van der Waals surface area contributed by atoms with Crippen molar-refractivity contribution >= 4 is 21.9 Å². The summed E-state index contributed by atoms with van der Waals surface area (Å²) in [6.45, 7) is 0. The number of halogens is 1. The summed E-state index contributed by atoms with van der Waals surface area (Å²) < 4.78 is 5.96. The van der Waals surface area contributed by atoms with Gasteiger partial charge in [0.1, 0.15) is 5.75 Å². The minimum absolute atomic E-state index is 0.118. The first kappa shape index (κ1) is 12.0. The molecule has 0 radical (unpaired) electrons. The van der Waals surface area contributed by atoms with Gasteiger partial charge in [0.05, 0.1) is 13.5 Å². The van der Waals surface area contributed by atoms with Gasteiger partial charge in [-0.1, -0.05) is 15.9 Å². The summed E-state index contributed by atoms with van der Waals surface area (Å²) in [6, 6.07) is 4.78. The van der Waals surface area contributed by atoms with Crippen LogP contribution in [0.5, 0.6) is 5.75 Å². The summed E-state index contributed by atoms with van der Waals surface area (Å²) in [5.41, 5.74) is 6.45. The van der Waals surface area contributed by atoms with Crippen LogP contribution in [0.15, 0.2) is 22.7 Å². The van der Waals surface area contributed by atoms with E-state index in [9.17, 15) is 4.79 Å². The fraction of sp³-hybridized carbons (Fsp3) is 0.300. The van der Waals surface area contributed by atoms with Crippen molar-refractivity contribution in [2.45, 2.75) is 12.5 Å². The second kappa shape index (κ2) is 5.14. The second-order valence-corrected chi connectivity index (χ2v) is 4.01. The molecule has 15 heavy (non-hydrogen) atoms. The summed E-state index contributed by atoms with van der Waals surface area (Å²) in [6.07, 6.45) is -0.118. The molecule has 1 aromatic carbocycles. The Kier molecular flexibility index (Phi) is 4.11. The van der Waals surface area contributed by atoms with Crippen LogP contribution in [0.25, 0.3) is 0 Å². The van der Waals surface area contributed by atoms with Crippen molar-refractivity contribution in [3.05, 3.63) is 28.2 Å². The summed E-state index contributed by atoms with van der Waals surface area (Å²) in [4.78, 5) is 10.5. The van der Waals surface area contributed by atoms with Gasteiger partial charge in [-0.05, 0) is 18.2 Å². The van der Waals surface area contributed by atoms with Crippen LogP contribution in [-0.4, -0.2) is 18.2 Å². The highest BCUT2D eigenvalue weighted by molar-refractivity contribution is 9.10. The quantitative estimate of drug-likeness (QED) is 0.880. The molecule has 0 aliphatic carbocycles. The van der Waals surface area contributed by atoms with E-state index in [0.717, 1.165) is 4.47 Å². The Morgan fingerprint density at radius 1 is 1.67 bits per heavy atom. The first-order valence-electron chi connectivity index (χ1n) is 4.35. The molecule has 0 amide bonds. The Hall–Kier alpha value is -1.07. The average molecular weight is 274 g/mol. The first-order valence-corrected chi connectivity index (χ1v) is 5.14. The van der Waals surface area contributed by atoms with Crippen LogP contribution in [0.2, 0.25) is 0 Å². The highest BCUT2D eigenvalue weighted by Crippen LogP contribution is 2.28. The molecule has 1 atom stereocenters.